The fourth-order valence-corrected chi connectivity index (χ4v) is 2.70. The third-order valence-electron chi connectivity index (χ3n) is 3.75. The molecule has 3 rings (SSSR count). The van der Waals surface area contributed by atoms with Crippen LogP contribution in [0.4, 0.5) is 5.95 Å². The number of nitrogen functional groups attached to an aromatic ring is 1. The highest BCUT2D eigenvalue weighted by Gasteiger charge is 2.30. The SMILES string of the molecule is C=C1[C@H](CO)CC[C@@H]1n1cnc2c(=O)[nH]c(N)nc21. The molecule has 1 fully saturated rings. The molecule has 0 spiro atoms. The predicted molar refractivity (Wildman–Crippen MR) is 70.5 cm³/mol. The summed E-state index contributed by atoms with van der Waals surface area (Å²) in [4.78, 5) is 22.4. The highest BCUT2D eigenvalue weighted by atomic mass is 16.3. The number of nitrogens with zero attached hydrogens (tertiary/aromatic N) is 3. The van der Waals surface area contributed by atoms with Crippen molar-refractivity contribution in [3.05, 3.63) is 28.8 Å². The Morgan fingerprint density at radius 3 is 3.05 bits per heavy atom. The highest BCUT2D eigenvalue weighted by Crippen LogP contribution is 2.39. The van der Waals surface area contributed by atoms with E-state index in [2.05, 4.69) is 21.5 Å². The number of hydrogen-bond donors (Lipinski definition) is 3. The van der Waals surface area contributed by atoms with Crippen molar-refractivity contribution in [2.24, 2.45) is 5.92 Å². The zero-order valence-electron chi connectivity index (χ0n) is 10.3. The second-order valence-corrected chi connectivity index (χ2v) is 4.82. The maximum absolute atomic E-state index is 11.7. The van der Waals surface area contributed by atoms with Gasteiger partial charge in [-0.05, 0) is 18.4 Å². The monoisotopic (exact) mass is 261 g/mol. The van der Waals surface area contributed by atoms with Gasteiger partial charge in [0.15, 0.2) is 11.2 Å². The normalized spacial score (nSPS) is 23.3. The second-order valence-electron chi connectivity index (χ2n) is 4.82. The minimum Gasteiger partial charge on any atom is -0.396 e. The van der Waals surface area contributed by atoms with Crippen LogP contribution < -0.4 is 11.3 Å². The van der Waals surface area contributed by atoms with Crippen LogP contribution in [0.3, 0.4) is 0 Å². The maximum atomic E-state index is 11.7. The maximum Gasteiger partial charge on any atom is 0.280 e. The van der Waals surface area contributed by atoms with Crippen molar-refractivity contribution < 1.29 is 5.11 Å². The fourth-order valence-electron chi connectivity index (χ4n) is 2.70. The molecule has 2 atom stereocenters. The first kappa shape index (κ1) is 11.9. The van der Waals surface area contributed by atoms with Gasteiger partial charge in [-0.25, -0.2) is 4.98 Å². The number of imidazole rings is 1. The lowest BCUT2D eigenvalue weighted by atomic mass is 10.0. The quantitative estimate of drug-likeness (QED) is 0.669. The van der Waals surface area contributed by atoms with Crippen LogP contribution in [-0.4, -0.2) is 31.2 Å². The molecule has 19 heavy (non-hydrogen) atoms. The number of fused-ring (bicyclic) bond motifs is 1. The molecule has 4 N–H and O–H groups in total. The van der Waals surface area contributed by atoms with E-state index in [9.17, 15) is 9.90 Å². The van der Waals surface area contributed by atoms with Crippen molar-refractivity contribution in [3.8, 4) is 0 Å². The summed E-state index contributed by atoms with van der Waals surface area (Å²) >= 11 is 0. The van der Waals surface area contributed by atoms with E-state index in [-0.39, 0.29) is 35.6 Å². The topological polar surface area (TPSA) is 110 Å². The summed E-state index contributed by atoms with van der Waals surface area (Å²) in [7, 11) is 0. The predicted octanol–water partition coefficient (Wildman–Crippen LogP) is 0.201. The van der Waals surface area contributed by atoms with Crippen LogP contribution in [0.1, 0.15) is 18.9 Å². The number of nitrogens with one attached hydrogen (secondary N) is 1. The summed E-state index contributed by atoms with van der Waals surface area (Å²) in [6.07, 6.45) is 3.31. The van der Waals surface area contributed by atoms with Crippen molar-refractivity contribution in [2.75, 3.05) is 12.3 Å². The number of rotatable bonds is 2. The molecule has 0 bridgehead atoms. The molecule has 0 saturated heterocycles. The van der Waals surface area contributed by atoms with Crippen molar-refractivity contribution in [1.29, 1.82) is 0 Å². The Morgan fingerprint density at radius 2 is 2.37 bits per heavy atom. The van der Waals surface area contributed by atoms with Gasteiger partial charge in [0.25, 0.3) is 5.56 Å². The summed E-state index contributed by atoms with van der Waals surface area (Å²) in [5.74, 6) is 0.170. The molecule has 7 nitrogen and oxygen atoms in total. The van der Waals surface area contributed by atoms with Crippen molar-refractivity contribution >= 4 is 17.1 Å². The van der Waals surface area contributed by atoms with E-state index in [0.29, 0.717) is 5.65 Å². The standard InChI is InChI=1S/C12H15N5O2/c1-6-7(4-18)2-3-8(6)17-5-14-9-10(17)15-12(13)16-11(9)19/h5,7-8,18H,1-4H2,(H3,13,15,16,19)/t7-,8-/m0/s1. The molecule has 0 radical (unpaired) electrons. The lowest BCUT2D eigenvalue weighted by Crippen LogP contribution is -2.14. The van der Waals surface area contributed by atoms with Crippen LogP contribution in [0, 0.1) is 5.92 Å². The molecule has 0 aliphatic heterocycles. The Hall–Kier alpha value is -2.15. The number of aromatic nitrogens is 4. The van der Waals surface area contributed by atoms with Crippen molar-refractivity contribution in [2.45, 2.75) is 18.9 Å². The largest absolute Gasteiger partial charge is 0.396 e. The molecule has 1 saturated carbocycles. The van der Waals surface area contributed by atoms with Gasteiger partial charge < -0.3 is 15.4 Å². The van der Waals surface area contributed by atoms with Crippen molar-refractivity contribution in [1.82, 2.24) is 19.5 Å². The van der Waals surface area contributed by atoms with E-state index in [1.54, 1.807) is 6.33 Å². The number of nitrogens with two attached hydrogens (primary N) is 1. The van der Waals surface area contributed by atoms with Gasteiger partial charge in [0.2, 0.25) is 5.95 Å². The summed E-state index contributed by atoms with van der Waals surface area (Å²) in [5.41, 5.74) is 6.91. The van der Waals surface area contributed by atoms with Gasteiger partial charge in [0, 0.05) is 12.5 Å². The number of aromatic amines is 1. The average Bonchev–Trinajstić information content (AvgIpc) is 2.92. The number of aliphatic hydroxyl groups excluding tert-OH is 1. The van der Waals surface area contributed by atoms with Crippen LogP contribution in [0.15, 0.2) is 23.3 Å². The molecule has 7 heteroatoms. The Bertz CT molecular complexity index is 702. The molecule has 1 aliphatic carbocycles. The molecule has 1 aliphatic rings. The zero-order valence-corrected chi connectivity index (χ0v) is 10.3. The number of anilines is 1. The Labute approximate surface area is 108 Å². The first-order chi connectivity index (χ1) is 9.11. The Kier molecular flexibility index (Phi) is 2.63. The molecule has 2 heterocycles. The van der Waals surface area contributed by atoms with E-state index < -0.39 is 0 Å². The Balaban J connectivity index is 2.12. The molecular weight excluding hydrogens is 246 g/mol. The minimum absolute atomic E-state index is 0.0100. The molecular formula is C12H15N5O2. The van der Waals surface area contributed by atoms with Crippen molar-refractivity contribution in [3.63, 3.8) is 0 Å². The number of H-pyrrole nitrogens is 1. The number of aliphatic hydroxyl groups is 1. The number of hydrogen-bond acceptors (Lipinski definition) is 5. The lowest BCUT2D eigenvalue weighted by Gasteiger charge is -2.15. The van der Waals surface area contributed by atoms with Gasteiger partial charge in [-0.15, -0.1) is 0 Å². The molecule has 100 valence electrons. The van der Waals surface area contributed by atoms with Gasteiger partial charge in [-0.2, -0.15) is 4.98 Å². The van der Waals surface area contributed by atoms with Gasteiger partial charge in [0.05, 0.1) is 12.4 Å². The molecule has 0 unspecified atom stereocenters. The van der Waals surface area contributed by atoms with E-state index in [0.717, 1.165) is 18.4 Å². The smallest absolute Gasteiger partial charge is 0.280 e. The van der Waals surface area contributed by atoms with E-state index >= 15 is 0 Å². The van der Waals surface area contributed by atoms with Gasteiger partial charge >= 0.3 is 0 Å². The van der Waals surface area contributed by atoms with Crippen LogP contribution in [0.5, 0.6) is 0 Å². The van der Waals surface area contributed by atoms with Gasteiger partial charge in [-0.1, -0.05) is 6.58 Å². The van der Waals surface area contributed by atoms with E-state index in [1.165, 1.54) is 0 Å². The summed E-state index contributed by atoms with van der Waals surface area (Å²) in [6, 6.07) is 0.0100. The zero-order chi connectivity index (χ0) is 13.6. The van der Waals surface area contributed by atoms with Crippen LogP contribution >= 0.6 is 0 Å². The molecule has 0 amide bonds. The minimum atomic E-state index is -0.344. The van der Waals surface area contributed by atoms with E-state index in [1.807, 2.05) is 4.57 Å². The van der Waals surface area contributed by atoms with Gasteiger partial charge in [-0.3, -0.25) is 9.78 Å². The third-order valence-corrected chi connectivity index (χ3v) is 3.75. The summed E-state index contributed by atoms with van der Waals surface area (Å²) < 4.78 is 1.82. The lowest BCUT2D eigenvalue weighted by molar-refractivity contribution is 0.249. The summed E-state index contributed by atoms with van der Waals surface area (Å²) in [6.45, 7) is 4.14. The average molecular weight is 261 g/mol. The first-order valence-electron chi connectivity index (χ1n) is 6.13. The van der Waals surface area contributed by atoms with Crippen LogP contribution in [-0.2, 0) is 0 Å². The Morgan fingerprint density at radius 1 is 1.58 bits per heavy atom. The van der Waals surface area contributed by atoms with Crippen LogP contribution in [0.25, 0.3) is 11.2 Å². The third kappa shape index (κ3) is 1.74. The second kappa shape index (κ2) is 4.20. The fraction of sp³-hybridized carbons (Fsp3) is 0.417. The first-order valence-corrected chi connectivity index (χ1v) is 6.13. The molecule has 2 aromatic rings. The van der Waals surface area contributed by atoms with Crippen LogP contribution in [0.2, 0.25) is 0 Å². The molecule has 2 aromatic heterocycles. The van der Waals surface area contributed by atoms with Gasteiger partial charge in [0.1, 0.15) is 0 Å². The summed E-state index contributed by atoms with van der Waals surface area (Å²) in [5, 5.41) is 9.28. The highest BCUT2D eigenvalue weighted by molar-refractivity contribution is 5.70. The van der Waals surface area contributed by atoms with E-state index in [4.69, 9.17) is 5.73 Å². The molecule has 0 aromatic carbocycles.